The average Bonchev–Trinajstić information content (AvgIpc) is 3.42. The van der Waals surface area contributed by atoms with Crippen LogP contribution in [0, 0.1) is 0 Å². The molecule has 0 spiro atoms. The number of pyridine rings is 2. The number of fused-ring (bicyclic) bond motifs is 12. The van der Waals surface area contributed by atoms with Gasteiger partial charge in [-0.1, -0.05) is 103 Å². The fourth-order valence-electron chi connectivity index (χ4n) is 6.53. The van der Waals surface area contributed by atoms with E-state index in [4.69, 9.17) is 4.98 Å². The minimum atomic E-state index is 0.766. The molecule has 9 rings (SSSR count). The van der Waals surface area contributed by atoms with Crippen LogP contribution < -0.4 is 0 Å². The van der Waals surface area contributed by atoms with Crippen molar-refractivity contribution in [2.45, 2.75) is 0 Å². The summed E-state index contributed by atoms with van der Waals surface area (Å²) in [7, 11) is 0. The Labute approximate surface area is 241 Å². The molecule has 0 fully saturated rings. The van der Waals surface area contributed by atoms with Crippen LogP contribution in [0.4, 0.5) is 0 Å². The second kappa shape index (κ2) is 8.69. The highest BCUT2D eigenvalue weighted by atomic mass is 32.1. The zero-order chi connectivity index (χ0) is 26.9. The average molecular weight is 539 g/mol. The van der Waals surface area contributed by atoms with Crippen molar-refractivity contribution in [3.8, 4) is 55.8 Å². The van der Waals surface area contributed by atoms with E-state index in [1.165, 1.54) is 59.1 Å². The molecule has 3 heteroatoms. The largest absolute Gasteiger partial charge is 0.237 e. The van der Waals surface area contributed by atoms with Crippen LogP contribution in [0.25, 0.3) is 87.0 Å². The van der Waals surface area contributed by atoms with Gasteiger partial charge in [-0.05, 0) is 57.6 Å². The molecule has 1 aliphatic rings. The molecule has 3 aromatic heterocycles. The van der Waals surface area contributed by atoms with Crippen molar-refractivity contribution in [3.63, 3.8) is 0 Å². The van der Waals surface area contributed by atoms with Gasteiger partial charge in [0.05, 0.1) is 5.69 Å². The normalized spacial score (nSPS) is 11.9. The van der Waals surface area contributed by atoms with E-state index in [0.29, 0.717) is 0 Å². The Morgan fingerprint density at radius 2 is 1.10 bits per heavy atom. The summed E-state index contributed by atoms with van der Waals surface area (Å²) < 4.78 is 2.64. The first-order valence-corrected chi connectivity index (χ1v) is 14.7. The molecule has 1 aliphatic carbocycles. The topological polar surface area (TPSA) is 25.8 Å². The molecule has 0 saturated heterocycles. The van der Waals surface area contributed by atoms with E-state index < -0.39 is 0 Å². The Bertz CT molecular complexity index is 2330. The minimum absolute atomic E-state index is 0.766. The molecule has 2 nitrogen and oxygen atoms in total. The van der Waals surface area contributed by atoms with Gasteiger partial charge in [0, 0.05) is 48.4 Å². The van der Waals surface area contributed by atoms with Gasteiger partial charge in [-0.3, -0.25) is 0 Å². The number of rotatable bonds is 1. The van der Waals surface area contributed by atoms with E-state index in [9.17, 15) is 0 Å². The number of nitrogens with zero attached hydrogens (tertiary/aromatic N) is 2. The van der Waals surface area contributed by atoms with Gasteiger partial charge in [0.25, 0.3) is 0 Å². The second-order valence-electron chi connectivity index (χ2n) is 10.5. The second-order valence-corrected chi connectivity index (χ2v) is 11.6. The van der Waals surface area contributed by atoms with Crippen molar-refractivity contribution in [3.05, 3.63) is 134 Å². The Kier molecular flexibility index (Phi) is 4.80. The lowest BCUT2D eigenvalue weighted by Crippen LogP contribution is -2.01. The molecule has 0 unspecified atom stereocenters. The van der Waals surface area contributed by atoms with Gasteiger partial charge in [0.2, 0.25) is 0 Å². The molecule has 0 atom stereocenters. The first kappa shape index (κ1) is 22.7. The van der Waals surface area contributed by atoms with Crippen LogP contribution in [-0.2, 0) is 0 Å². The van der Waals surface area contributed by atoms with Crippen LogP contribution in [0.1, 0.15) is 0 Å². The van der Waals surface area contributed by atoms with E-state index in [2.05, 4.69) is 126 Å². The number of thiophene rings is 1. The van der Waals surface area contributed by atoms with Crippen LogP contribution in [0.15, 0.2) is 134 Å². The number of benzene rings is 5. The highest BCUT2D eigenvalue weighted by molar-refractivity contribution is 7.26. The van der Waals surface area contributed by atoms with Crippen LogP contribution in [0.2, 0.25) is 0 Å². The summed E-state index contributed by atoms with van der Waals surface area (Å²) in [6, 6.07) is 46.1. The van der Waals surface area contributed by atoms with E-state index in [-0.39, 0.29) is 0 Å². The Morgan fingerprint density at radius 1 is 0.463 bits per heavy atom. The third-order valence-corrected chi connectivity index (χ3v) is 9.53. The summed E-state index contributed by atoms with van der Waals surface area (Å²) in [6.07, 6.45) is 1.82. The molecule has 0 radical (unpaired) electrons. The molecule has 5 aromatic carbocycles. The molecular weight excluding hydrogens is 516 g/mol. The number of hydrogen-bond acceptors (Lipinski definition) is 3. The smallest absolute Gasteiger partial charge is 0.159 e. The number of hydrogen-bond donors (Lipinski definition) is 0. The highest BCUT2D eigenvalue weighted by Crippen LogP contribution is 2.51. The van der Waals surface area contributed by atoms with Crippen LogP contribution in [-0.4, -0.2) is 9.97 Å². The van der Waals surface area contributed by atoms with Gasteiger partial charge in [0.15, 0.2) is 5.65 Å². The summed E-state index contributed by atoms with van der Waals surface area (Å²) in [6.45, 7) is 0. The minimum Gasteiger partial charge on any atom is -0.237 e. The fourth-order valence-corrected chi connectivity index (χ4v) is 7.76. The predicted octanol–water partition coefficient (Wildman–Crippen LogP) is 10.6. The standard InChI is InChI=1S/C38H22N2S/c1-2-12-25-24(11-1)27-16-7-17-29(32-19-8-18-31-26-13-5-6-20-34(26)41-37(31)32)35(27)28-14-3-4-15-30(28)36-33(25)22-23-10-9-21-39-38(23)40-36/h1-22H. The molecule has 0 saturated carbocycles. The van der Waals surface area contributed by atoms with Crippen molar-refractivity contribution < 1.29 is 0 Å². The van der Waals surface area contributed by atoms with E-state index in [1.54, 1.807) is 0 Å². The summed E-state index contributed by atoms with van der Waals surface area (Å²) in [5.41, 5.74) is 12.6. The molecule has 190 valence electrons. The molecule has 0 amide bonds. The third-order valence-electron chi connectivity index (χ3n) is 8.31. The maximum atomic E-state index is 5.20. The van der Waals surface area contributed by atoms with Crippen molar-refractivity contribution in [1.29, 1.82) is 0 Å². The summed E-state index contributed by atoms with van der Waals surface area (Å²) in [5.74, 6) is 0. The van der Waals surface area contributed by atoms with Crippen LogP contribution in [0.5, 0.6) is 0 Å². The third kappa shape index (κ3) is 3.30. The molecule has 8 aromatic rings. The predicted molar refractivity (Wildman–Crippen MR) is 173 cm³/mol. The van der Waals surface area contributed by atoms with E-state index >= 15 is 0 Å². The molecular formula is C38H22N2S. The zero-order valence-electron chi connectivity index (χ0n) is 22.0. The first-order chi connectivity index (χ1) is 20.3. The van der Waals surface area contributed by atoms with Gasteiger partial charge >= 0.3 is 0 Å². The lowest BCUT2D eigenvalue weighted by atomic mass is 9.79. The quantitative estimate of drug-likeness (QED) is 0.208. The lowest BCUT2D eigenvalue weighted by Gasteiger charge is -2.25. The highest BCUT2D eigenvalue weighted by Gasteiger charge is 2.26. The fraction of sp³-hybridized carbons (Fsp3) is 0. The van der Waals surface area contributed by atoms with Crippen molar-refractivity contribution in [2.24, 2.45) is 0 Å². The monoisotopic (exact) mass is 538 g/mol. The maximum absolute atomic E-state index is 5.20. The van der Waals surface area contributed by atoms with Gasteiger partial charge in [-0.15, -0.1) is 11.3 Å². The molecule has 0 N–H and O–H groups in total. The first-order valence-electron chi connectivity index (χ1n) is 13.8. The summed E-state index contributed by atoms with van der Waals surface area (Å²) >= 11 is 1.88. The van der Waals surface area contributed by atoms with Crippen LogP contribution >= 0.6 is 11.3 Å². The SMILES string of the molecule is c1ccc2c(c1)-c1cc3cccnc3nc1-c1ccccc1-c1c-2cccc1-c1cccc2c1sc1ccccc12. The molecule has 0 bridgehead atoms. The summed E-state index contributed by atoms with van der Waals surface area (Å²) in [4.78, 5) is 9.83. The Morgan fingerprint density at radius 3 is 1.98 bits per heavy atom. The van der Waals surface area contributed by atoms with E-state index in [0.717, 1.165) is 27.9 Å². The summed E-state index contributed by atoms with van der Waals surface area (Å²) in [5, 5.41) is 3.67. The van der Waals surface area contributed by atoms with Crippen molar-refractivity contribution in [1.82, 2.24) is 9.97 Å². The van der Waals surface area contributed by atoms with Gasteiger partial charge in [-0.2, -0.15) is 0 Å². The van der Waals surface area contributed by atoms with Crippen molar-refractivity contribution >= 4 is 42.5 Å². The molecule has 41 heavy (non-hydrogen) atoms. The number of aromatic nitrogens is 2. The Balaban J connectivity index is 1.44. The van der Waals surface area contributed by atoms with Crippen LogP contribution in [0.3, 0.4) is 0 Å². The van der Waals surface area contributed by atoms with Crippen molar-refractivity contribution in [2.75, 3.05) is 0 Å². The maximum Gasteiger partial charge on any atom is 0.159 e. The Hall–Kier alpha value is -5.12. The zero-order valence-corrected chi connectivity index (χ0v) is 22.8. The lowest BCUT2D eigenvalue weighted by molar-refractivity contribution is 1.29. The molecule has 3 heterocycles. The molecule has 0 aliphatic heterocycles. The van der Waals surface area contributed by atoms with Gasteiger partial charge in [-0.25, -0.2) is 9.97 Å². The van der Waals surface area contributed by atoms with Gasteiger partial charge in [0.1, 0.15) is 0 Å². The van der Waals surface area contributed by atoms with E-state index in [1.807, 2.05) is 23.6 Å². The van der Waals surface area contributed by atoms with Gasteiger partial charge < -0.3 is 0 Å².